The SMILES string of the molecule is CC1(C)[C@H](N)[C@H]1C1CC1. The first-order valence-corrected chi connectivity index (χ1v) is 3.89. The van der Waals surface area contributed by atoms with E-state index in [1.165, 1.54) is 12.8 Å². The average molecular weight is 125 g/mol. The number of rotatable bonds is 1. The topological polar surface area (TPSA) is 26.0 Å². The minimum atomic E-state index is 0.487. The zero-order valence-corrected chi connectivity index (χ0v) is 6.22. The molecule has 9 heavy (non-hydrogen) atoms. The molecule has 2 aliphatic rings. The summed E-state index contributed by atoms with van der Waals surface area (Å²) in [6.45, 7) is 4.58. The molecular weight excluding hydrogens is 110 g/mol. The van der Waals surface area contributed by atoms with E-state index in [0.29, 0.717) is 11.5 Å². The van der Waals surface area contributed by atoms with Crippen molar-refractivity contribution >= 4 is 0 Å². The number of hydrogen-bond donors (Lipinski definition) is 1. The highest BCUT2D eigenvalue weighted by Crippen LogP contribution is 2.61. The summed E-state index contributed by atoms with van der Waals surface area (Å²) in [5.74, 6) is 1.88. The van der Waals surface area contributed by atoms with E-state index in [0.717, 1.165) is 11.8 Å². The van der Waals surface area contributed by atoms with Gasteiger partial charge in [0.2, 0.25) is 0 Å². The van der Waals surface area contributed by atoms with Crippen LogP contribution in [0.5, 0.6) is 0 Å². The normalized spacial score (nSPS) is 47.0. The molecule has 2 fully saturated rings. The Bertz CT molecular complexity index is 136. The first kappa shape index (κ1) is 5.72. The molecule has 2 atom stereocenters. The molecule has 1 nitrogen and oxygen atoms in total. The van der Waals surface area contributed by atoms with Gasteiger partial charge in [0.15, 0.2) is 0 Å². The number of hydrogen-bond acceptors (Lipinski definition) is 1. The van der Waals surface area contributed by atoms with E-state index >= 15 is 0 Å². The van der Waals surface area contributed by atoms with Crippen LogP contribution in [0.2, 0.25) is 0 Å². The molecular formula is C8H15N. The van der Waals surface area contributed by atoms with Gasteiger partial charge in [-0.1, -0.05) is 13.8 Å². The maximum absolute atomic E-state index is 5.89. The molecule has 0 aromatic carbocycles. The lowest BCUT2D eigenvalue weighted by Crippen LogP contribution is -2.06. The largest absolute Gasteiger partial charge is 0.327 e. The average Bonchev–Trinajstić information content (AvgIpc) is 2.54. The molecule has 52 valence electrons. The maximum Gasteiger partial charge on any atom is 0.0130 e. The quantitative estimate of drug-likeness (QED) is 0.563. The Morgan fingerprint density at radius 3 is 1.89 bits per heavy atom. The third-order valence-electron chi connectivity index (χ3n) is 3.13. The van der Waals surface area contributed by atoms with Crippen LogP contribution in [0.3, 0.4) is 0 Å². The molecule has 0 saturated heterocycles. The molecule has 2 rings (SSSR count). The zero-order chi connectivity index (χ0) is 6.65. The highest BCUT2D eigenvalue weighted by molar-refractivity contribution is 5.13. The Kier molecular flexibility index (Phi) is 0.852. The lowest BCUT2D eigenvalue weighted by atomic mass is 10.1. The van der Waals surface area contributed by atoms with E-state index in [2.05, 4.69) is 13.8 Å². The van der Waals surface area contributed by atoms with Crippen molar-refractivity contribution in [2.75, 3.05) is 0 Å². The van der Waals surface area contributed by atoms with Crippen LogP contribution in [-0.2, 0) is 0 Å². The third kappa shape index (κ3) is 0.644. The fourth-order valence-electron chi connectivity index (χ4n) is 2.07. The van der Waals surface area contributed by atoms with Gasteiger partial charge < -0.3 is 5.73 Å². The van der Waals surface area contributed by atoms with Crippen LogP contribution >= 0.6 is 0 Å². The Hall–Kier alpha value is -0.0400. The molecule has 0 aromatic rings. The Morgan fingerprint density at radius 2 is 1.78 bits per heavy atom. The minimum Gasteiger partial charge on any atom is -0.327 e. The van der Waals surface area contributed by atoms with Crippen molar-refractivity contribution in [3.63, 3.8) is 0 Å². The molecule has 0 heterocycles. The lowest BCUT2D eigenvalue weighted by molar-refractivity contribution is 0.517. The summed E-state index contributed by atoms with van der Waals surface area (Å²) in [6, 6.07) is 0.519. The second kappa shape index (κ2) is 1.34. The second-order valence-electron chi connectivity index (χ2n) is 4.21. The smallest absolute Gasteiger partial charge is 0.0130 e. The van der Waals surface area contributed by atoms with Crippen LogP contribution in [0.4, 0.5) is 0 Å². The highest BCUT2D eigenvalue weighted by Gasteiger charge is 2.61. The van der Waals surface area contributed by atoms with Gasteiger partial charge in [-0.15, -0.1) is 0 Å². The number of nitrogens with two attached hydrogens (primary N) is 1. The molecule has 0 unspecified atom stereocenters. The molecule has 2 N–H and O–H groups in total. The predicted octanol–water partition coefficient (Wildman–Crippen LogP) is 1.38. The summed E-state index contributed by atoms with van der Waals surface area (Å²) in [5, 5.41) is 0. The van der Waals surface area contributed by atoms with Gasteiger partial charge in [0, 0.05) is 6.04 Å². The van der Waals surface area contributed by atoms with Crippen molar-refractivity contribution in [1.29, 1.82) is 0 Å². The van der Waals surface area contributed by atoms with Crippen LogP contribution < -0.4 is 5.73 Å². The van der Waals surface area contributed by atoms with Crippen molar-refractivity contribution < 1.29 is 0 Å². The maximum atomic E-state index is 5.89. The van der Waals surface area contributed by atoms with Gasteiger partial charge in [0.25, 0.3) is 0 Å². The summed E-state index contributed by atoms with van der Waals surface area (Å²) in [4.78, 5) is 0. The lowest BCUT2D eigenvalue weighted by Gasteiger charge is -1.97. The van der Waals surface area contributed by atoms with E-state index in [-0.39, 0.29) is 0 Å². The van der Waals surface area contributed by atoms with Gasteiger partial charge in [-0.25, -0.2) is 0 Å². The summed E-state index contributed by atoms with van der Waals surface area (Å²) in [7, 11) is 0. The summed E-state index contributed by atoms with van der Waals surface area (Å²) in [5.41, 5.74) is 6.37. The van der Waals surface area contributed by atoms with Crippen LogP contribution in [0.25, 0.3) is 0 Å². The summed E-state index contributed by atoms with van der Waals surface area (Å²) >= 11 is 0. The first-order valence-electron chi connectivity index (χ1n) is 3.89. The van der Waals surface area contributed by atoms with Gasteiger partial charge in [0.1, 0.15) is 0 Å². The van der Waals surface area contributed by atoms with E-state index in [1.54, 1.807) is 0 Å². The molecule has 1 heteroatoms. The van der Waals surface area contributed by atoms with Crippen molar-refractivity contribution in [3.8, 4) is 0 Å². The molecule has 0 spiro atoms. The zero-order valence-electron chi connectivity index (χ0n) is 6.22. The van der Waals surface area contributed by atoms with Crippen molar-refractivity contribution in [2.24, 2.45) is 23.0 Å². The second-order valence-corrected chi connectivity index (χ2v) is 4.21. The van der Waals surface area contributed by atoms with Crippen LogP contribution in [0.15, 0.2) is 0 Å². The molecule has 0 bridgehead atoms. The molecule has 0 aliphatic heterocycles. The Balaban J connectivity index is 2.03. The van der Waals surface area contributed by atoms with Crippen molar-refractivity contribution in [3.05, 3.63) is 0 Å². The molecule has 2 aliphatic carbocycles. The minimum absolute atomic E-state index is 0.487. The van der Waals surface area contributed by atoms with Crippen molar-refractivity contribution in [1.82, 2.24) is 0 Å². The van der Waals surface area contributed by atoms with E-state index < -0.39 is 0 Å². The Morgan fingerprint density at radius 1 is 1.33 bits per heavy atom. The molecule has 0 aromatic heterocycles. The van der Waals surface area contributed by atoms with E-state index in [4.69, 9.17) is 5.73 Å². The fourth-order valence-corrected chi connectivity index (χ4v) is 2.07. The monoisotopic (exact) mass is 125 g/mol. The van der Waals surface area contributed by atoms with Crippen LogP contribution in [0, 0.1) is 17.3 Å². The molecule has 0 amide bonds. The summed E-state index contributed by atoms with van der Waals surface area (Å²) < 4.78 is 0. The van der Waals surface area contributed by atoms with Gasteiger partial charge in [-0.05, 0) is 30.1 Å². The molecule has 2 saturated carbocycles. The standard InChI is InChI=1S/C8H15N/c1-8(2)6(7(8)9)5-3-4-5/h5-7H,3-4,9H2,1-2H3/t6-,7-/m1/s1. The first-order chi connectivity index (χ1) is 4.14. The van der Waals surface area contributed by atoms with Crippen LogP contribution in [-0.4, -0.2) is 6.04 Å². The third-order valence-corrected chi connectivity index (χ3v) is 3.13. The van der Waals surface area contributed by atoms with Gasteiger partial charge in [-0.3, -0.25) is 0 Å². The highest BCUT2D eigenvalue weighted by atomic mass is 14.9. The molecule has 0 radical (unpaired) electrons. The van der Waals surface area contributed by atoms with Crippen molar-refractivity contribution in [2.45, 2.75) is 32.7 Å². The van der Waals surface area contributed by atoms with Crippen LogP contribution in [0.1, 0.15) is 26.7 Å². The fraction of sp³-hybridized carbons (Fsp3) is 1.00. The summed E-state index contributed by atoms with van der Waals surface area (Å²) in [6.07, 6.45) is 2.89. The van der Waals surface area contributed by atoms with Gasteiger partial charge in [-0.2, -0.15) is 0 Å². The van der Waals surface area contributed by atoms with Gasteiger partial charge in [0.05, 0.1) is 0 Å². The predicted molar refractivity (Wildman–Crippen MR) is 38.0 cm³/mol. The van der Waals surface area contributed by atoms with E-state index in [1.807, 2.05) is 0 Å². The van der Waals surface area contributed by atoms with Gasteiger partial charge >= 0.3 is 0 Å². The Labute approximate surface area is 56.6 Å². The van der Waals surface area contributed by atoms with E-state index in [9.17, 15) is 0 Å².